The summed E-state index contributed by atoms with van der Waals surface area (Å²) in [5.41, 5.74) is 0.894. The Kier molecular flexibility index (Phi) is 2.23. The van der Waals surface area contributed by atoms with Crippen LogP contribution in [0.25, 0.3) is 0 Å². The molecular weight excluding hydrogens is 182 g/mol. The summed E-state index contributed by atoms with van der Waals surface area (Å²) < 4.78 is 1.51. The maximum atomic E-state index is 10.7. The Morgan fingerprint density at radius 1 is 1.71 bits per heavy atom. The van der Waals surface area contributed by atoms with Gasteiger partial charge in [0.15, 0.2) is 0 Å². The number of hydrogen-bond donors (Lipinski definition) is 0. The highest BCUT2D eigenvalue weighted by molar-refractivity contribution is 5.27. The third kappa shape index (κ3) is 1.62. The van der Waals surface area contributed by atoms with Crippen LogP contribution in [0.2, 0.25) is 0 Å². The Morgan fingerprint density at radius 2 is 2.43 bits per heavy atom. The largest absolute Gasteiger partial charge is 0.358 e. The minimum atomic E-state index is -0.353. The molecule has 0 radical (unpaired) electrons. The van der Waals surface area contributed by atoms with Gasteiger partial charge in [-0.3, -0.25) is 0 Å². The van der Waals surface area contributed by atoms with Gasteiger partial charge in [0, 0.05) is 5.92 Å². The van der Waals surface area contributed by atoms with Crippen LogP contribution in [0.3, 0.4) is 0 Å². The SMILES string of the molecule is CCCn1nc(C2CC2)cc1[N+](=O)[O-]. The second-order valence-electron chi connectivity index (χ2n) is 3.68. The van der Waals surface area contributed by atoms with Gasteiger partial charge >= 0.3 is 5.82 Å². The number of aromatic nitrogens is 2. The Hall–Kier alpha value is -1.39. The standard InChI is InChI=1S/C9H13N3O2/c1-2-5-11-9(12(13)14)6-8(10-11)7-3-4-7/h6-7H,2-5H2,1H3. The van der Waals surface area contributed by atoms with Gasteiger partial charge in [0.05, 0.1) is 11.8 Å². The molecule has 0 unspecified atom stereocenters. The maximum absolute atomic E-state index is 10.7. The zero-order valence-electron chi connectivity index (χ0n) is 8.14. The van der Waals surface area contributed by atoms with Gasteiger partial charge < -0.3 is 10.1 Å². The van der Waals surface area contributed by atoms with Gasteiger partial charge in [-0.25, -0.2) is 0 Å². The lowest BCUT2D eigenvalue weighted by Gasteiger charge is -1.95. The van der Waals surface area contributed by atoms with Gasteiger partial charge in [-0.15, -0.1) is 4.68 Å². The van der Waals surface area contributed by atoms with Crippen molar-refractivity contribution in [2.45, 2.75) is 38.6 Å². The van der Waals surface area contributed by atoms with Crippen LogP contribution in [0.15, 0.2) is 6.07 Å². The lowest BCUT2D eigenvalue weighted by molar-refractivity contribution is -0.392. The molecule has 5 heteroatoms. The van der Waals surface area contributed by atoms with E-state index in [1.807, 2.05) is 6.92 Å². The Balaban J connectivity index is 2.29. The van der Waals surface area contributed by atoms with E-state index >= 15 is 0 Å². The minimum absolute atomic E-state index is 0.133. The highest BCUT2D eigenvalue weighted by Crippen LogP contribution is 2.40. The van der Waals surface area contributed by atoms with Crippen molar-refractivity contribution in [1.29, 1.82) is 0 Å². The first-order chi connectivity index (χ1) is 6.72. The van der Waals surface area contributed by atoms with Crippen molar-refractivity contribution in [3.63, 3.8) is 0 Å². The van der Waals surface area contributed by atoms with E-state index in [1.165, 1.54) is 4.68 Å². The summed E-state index contributed by atoms with van der Waals surface area (Å²) in [6, 6.07) is 1.62. The molecule has 1 aliphatic carbocycles. The average molecular weight is 195 g/mol. The molecule has 0 aliphatic heterocycles. The van der Waals surface area contributed by atoms with Crippen LogP contribution in [-0.2, 0) is 6.54 Å². The third-order valence-electron chi connectivity index (χ3n) is 2.40. The summed E-state index contributed by atoms with van der Waals surface area (Å²) >= 11 is 0. The molecule has 1 aromatic heterocycles. The Morgan fingerprint density at radius 3 is 2.93 bits per heavy atom. The molecule has 0 spiro atoms. The second kappa shape index (κ2) is 3.40. The molecule has 1 fully saturated rings. The molecule has 2 rings (SSSR count). The van der Waals surface area contributed by atoms with Crippen molar-refractivity contribution in [3.8, 4) is 0 Å². The molecule has 0 bridgehead atoms. The van der Waals surface area contributed by atoms with Crippen LogP contribution in [0.1, 0.15) is 37.8 Å². The van der Waals surface area contributed by atoms with Gasteiger partial charge in [-0.1, -0.05) is 12.0 Å². The summed E-state index contributed by atoms with van der Waals surface area (Å²) in [5, 5.41) is 15.0. The smallest absolute Gasteiger partial charge is 0.345 e. The fourth-order valence-electron chi connectivity index (χ4n) is 1.53. The molecule has 5 nitrogen and oxygen atoms in total. The van der Waals surface area contributed by atoms with E-state index in [0.717, 1.165) is 25.0 Å². The summed E-state index contributed by atoms with van der Waals surface area (Å²) in [6.45, 7) is 2.62. The number of aryl methyl sites for hydroxylation is 1. The predicted molar refractivity (Wildman–Crippen MR) is 51.1 cm³/mol. The minimum Gasteiger partial charge on any atom is -0.358 e. The van der Waals surface area contributed by atoms with Crippen molar-refractivity contribution in [2.24, 2.45) is 0 Å². The van der Waals surface area contributed by atoms with Crippen molar-refractivity contribution >= 4 is 5.82 Å². The van der Waals surface area contributed by atoms with E-state index in [0.29, 0.717) is 12.5 Å². The number of nitro groups is 1. The van der Waals surface area contributed by atoms with E-state index in [1.54, 1.807) is 6.07 Å². The first kappa shape index (κ1) is 9.18. The van der Waals surface area contributed by atoms with Crippen LogP contribution in [-0.4, -0.2) is 14.7 Å². The molecular formula is C9H13N3O2. The van der Waals surface area contributed by atoms with Crippen LogP contribution < -0.4 is 0 Å². The molecule has 1 aliphatic rings. The number of rotatable bonds is 4. The van der Waals surface area contributed by atoms with E-state index in [-0.39, 0.29) is 10.7 Å². The first-order valence-electron chi connectivity index (χ1n) is 4.94. The van der Waals surface area contributed by atoms with Crippen LogP contribution >= 0.6 is 0 Å². The zero-order valence-corrected chi connectivity index (χ0v) is 8.14. The predicted octanol–water partition coefficient (Wildman–Crippen LogP) is 2.08. The molecule has 0 saturated heterocycles. The molecule has 14 heavy (non-hydrogen) atoms. The lowest BCUT2D eigenvalue weighted by atomic mass is 10.3. The third-order valence-corrected chi connectivity index (χ3v) is 2.40. The first-order valence-corrected chi connectivity index (χ1v) is 4.94. The Labute approximate surface area is 81.9 Å². The van der Waals surface area contributed by atoms with Crippen LogP contribution in [0.4, 0.5) is 5.82 Å². The van der Waals surface area contributed by atoms with Gasteiger partial charge in [0.2, 0.25) is 0 Å². The molecule has 1 aromatic rings. The highest BCUT2D eigenvalue weighted by atomic mass is 16.6. The van der Waals surface area contributed by atoms with Gasteiger partial charge in [0.25, 0.3) is 0 Å². The van der Waals surface area contributed by atoms with Crippen LogP contribution in [0.5, 0.6) is 0 Å². The molecule has 76 valence electrons. The second-order valence-corrected chi connectivity index (χ2v) is 3.68. The fourth-order valence-corrected chi connectivity index (χ4v) is 1.53. The van der Waals surface area contributed by atoms with Crippen LogP contribution in [0, 0.1) is 10.1 Å². The average Bonchev–Trinajstić information content (AvgIpc) is 2.89. The quantitative estimate of drug-likeness (QED) is 0.545. The van der Waals surface area contributed by atoms with Crippen molar-refractivity contribution in [2.75, 3.05) is 0 Å². The Bertz CT molecular complexity index is 355. The summed E-state index contributed by atoms with van der Waals surface area (Å²) in [7, 11) is 0. The van der Waals surface area contributed by atoms with E-state index in [9.17, 15) is 10.1 Å². The van der Waals surface area contributed by atoms with Gasteiger partial charge in [-0.05, 0) is 24.2 Å². The summed E-state index contributed by atoms with van der Waals surface area (Å²) in [4.78, 5) is 10.3. The molecule has 1 heterocycles. The molecule has 0 N–H and O–H groups in total. The molecule has 1 saturated carbocycles. The summed E-state index contributed by atoms with van der Waals surface area (Å²) in [5.74, 6) is 0.612. The highest BCUT2D eigenvalue weighted by Gasteiger charge is 2.30. The van der Waals surface area contributed by atoms with Crippen molar-refractivity contribution in [3.05, 3.63) is 21.9 Å². The van der Waals surface area contributed by atoms with Crippen molar-refractivity contribution < 1.29 is 4.92 Å². The normalized spacial score (nSPS) is 15.8. The monoisotopic (exact) mass is 195 g/mol. The molecule has 0 atom stereocenters. The van der Waals surface area contributed by atoms with E-state index in [4.69, 9.17) is 0 Å². The number of nitrogens with zero attached hydrogens (tertiary/aromatic N) is 3. The lowest BCUT2D eigenvalue weighted by Crippen LogP contribution is -2.04. The maximum Gasteiger partial charge on any atom is 0.345 e. The number of hydrogen-bond acceptors (Lipinski definition) is 3. The molecule has 0 amide bonds. The molecule has 0 aromatic carbocycles. The van der Waals surface area contributed by atoms with E-state index < -0.39 is 0 Å². The summed E-state index contributed by atoms with van der Waals surface area (Å²) in [6.07, 6.45) is 3.12. The van der Waals surface area contributed by atoms with Gasteiger partial charge in [-0.2, -0.15) is 0 Å². The van der Waals surface area contributed by atoms with Gasteiger partial charge in [0.1, 0.15) is 6.54 Å². The zero-order chi connectivity index (χ0) is 10.1. The van der Waals surface area contributed by atoms with Crippen molar-refractivity contribution in [1.82, 2.24) is 9.78 Å². The topological polar surface area (TPSA) is 61.0 Å². The fraction of sp³-hybridized carbons (Fsp3) is 0.667. The van der Waals surface area contributed by atoms with E-state index in [2.05, 4.69) is 5.10 Å².